The van der Waals surface area contributed by atoms with Crippen LogP contribution in [0.3, 0.4) is 0 Å². The van der Waals surface area contributed by atoms with Crippen molar-refractivity contribution < 1.29 is 9.32 Å². The highest BCUT2D eigenvalue weighted by molar-refractivity contribution is 9.09. The maximum absolute atomic E-state index is 11.6. The number of hydrogen-bond donors (Lipinski definition) is 1. The van der Waals surface area contributed by atoms with Crippen molar-refractivity contribution in [3.05, 3.63) is 30.1 Å². The average Bonchev–Trinajstić information content (AvgIpc) is 2.77. The number of anilines is 1. The lowest BCUT2D eigenvalue weighted by Crippen LogP contribution is -2.12. The zero-order valence-corrected chi connectivity index (χ0v) is 11.4. The number of halogens is 1. The van der Waals surface area contributed by atoms with Crippen molar-refractivity contribution in [1.82, 2.24) is 10.1 Å². The molecule has 0 unspecified atom stereocenters. The molecule has 1 aromatic carbocycles. The Morgan fingerprint density at radius 1 is 1.44 bits per heavy atom. The first-order valence-electron chi connectivity index (χ1n) is 5.46. The molecule has 0 saturated carbocycles. The minimum absolute atomic E-state index is 0.0597. The van der Waals surface area contributed by atoms with Crippen LogP contribution in [0.25, 0.3) is 11.5 Å². The highest BCUT2D eigenvalue weighted by Crippen LogP contribution is 2.26. The molecule has 0 saturated heterocycles. The van der Waals surface area contributed by atoms with Crippen LogP contribution in [0.5, 0.6) is 0 Å². The van der Waals surface area contributed by atoms with Crippen LogP contribution < -0.4 is 5.32 Å². The second-order valence-corrected chi connectivity index (χ2v) is 4.47. The molecule has 1 N–H and O–H groups in total. The van der Waals surface area contributed by atoms with E-state index in [9.17, 15) is 4.79 Å². The van der Waals surface area contributed by atoms with E-state index < -0.39 is 0 Å². The highest BCUT2D eigenvalue weighted by atomic mass is 79.9. The molecule has 2 aromatic rings. The summed E-state index contributed by atoms with van der Waals surface area (Å²) in [5, 5.41) is 7.19. The van der Waals surface area contributed by atoms with Gasteiger partial charge >= 0.3 is 0 Å². The second kappa shape index (κ2) is 5.77. The van der Waals surface area contributed by atoms with Gasteiger partial charge in [0, 0.05) is 11.8 Å². The van der Waals surface area contributed by atoms with Crippen LogP contribution in [-0.4, -0.2) is 21.4 Å². The molecule has 0 bridgehead atoms. The van der Waals surface area contributed by atoms with E-state index in [1.807, 2.05) is 18.2 Å². The fraction of sp³-hybridized carbons (Fsp3) is 0.250. The normalized spacial score (nSPS) is 10.3. The maximum Gasteiger partial charge on any atom is 0.260 e. The molecule has 1 amide bonds. The predicted molar refractivity (Wildman–Crippen MR) is 71.5 cm³/mol. The zero-order valence-electron chi connectivity index (χ0n) is 9.81. The molecule has 94 valence electrons. The minimum Gasteiger partial charge on any atom is -0.334 e. The van der Waals surface area contributed by atoms with Crippen molar-refractivity contribution in [1.29, 1.82) is 0 Å². The van der Waals surface area contributed by atoms with Crippen molar-refractivity contribution in [3.63, 3.8) is 0 Å². The fourth-order valence-electron chi connectivity index (χ4n) is 1.48. The number of alkyl halides is 1. The van der Waals surface area contributed by atoms with Gasteiger partial charge in [0.2, 0.25) is 5.91 Å². The number of carbonyl (C=O) groups is 1. The number of para-hydroxylation sites is 1. The van der Waals surface area contributed by atoms with Crippen molar-refractivity contribution in [2.45, 2.75) is 13.3 Å². The third kappa shape index (κ3) is 2.95. The lowest BCUT2D eigenvalue weighted by molar-refractivity contribution is -0.115. The zero-order chi connectivity index (χ0) is 13.0. The van der Waals surface area contributed by atoms with Crippen LogP contribution >= 0.6 is 15.9 Å². The van der Waals surface area contributed by atoms with E-state index >= 15 is 0 Å². The van der Waals surface area contributed by atoms with Crippen LogP contribution in [0.2, 0.25) is 0 Å². The second-order valence-electron chi connectivity index (χ2n) is 3.68. The number of carbonyl (C=O) groups excluding carboxylic acids is 1. The van der Waals surface area contributed by atoms with Gasteiger partial charge in [0.05, 0.1) is 11.3 Å². The van der Waals surface area contributed by atoms with Gasteiger partial charge in [0.25, 0.3) is 5.89 Å². The summed E-state index contributed by atoms with van der Waals surface area (Å²) in [4.78, 5) is 15.7. The van der Waals surface area contributed by atoms with E-state index in [0.717, 1.165) is 5.56 Å². The molecule has 0 spiro atoms. The Kier molecular flexibility index (Phi) is 4.09. The van der Waals surface area contributed by atoms with Crippen LogP contribution in [0.1, 0.15) is 12.2 Å². The van der Waals surface area contributed by atoms with E-state index in [2.05, 4.69) is 31.4 Å². The molecular weight excluding hydrogens is 298 g/mol. The number of amides is 1. The Bertz CT molecular complexity index is 554. The smallest absolute Gasteiger partial charge is 0.260 e. The summed E-state index contributed by atoms with van der Waals surface area (Å²) in [6.45, 7) is 1.75. The molecule has 0 aliphatic heterocycles. The molecule has 5 nitrogen and oxygen atoms in total. The first-order chi connectivity index (χ1) is 8.70. The first kappa shape index (κ1) is 12.8. The molecule has 1 heterocycles. The monoisotopic (exact) mass is 309 g/mol. The van der Waals surface area contributed by atoms with Crippen molar-refractivity contribution in [2.75, 3.05) is 10.6 Å². The number of aromatic nitrogens is 2. The quantitative estimate of drug-likeness (QED) is 0.882. The van der Waals surface area contributed by atoms with E-state index in [-0.39, 0.29) is 5.91 Å². The Morgan fingerprint density at radius 3 is 2.89 bits per heavy atom. The predicted octanol–water partition coefficient (Wildman–Crippen LogP) is 2.77. The average molecular weight is 310 g/mol. The molecule has 6 heteroatoms. The molecule has 0 aliphatic rings. The van der Waals surface area contributed by atoms with Gasteiger partial charge in [-0.2, -0.15) is 4.98 Å². The first-order valence-corrected chi connectivity index (χ1v) is 6.58. The Labute approximate surface area is 113 Å². The Balaban J connectivity index is 2.28. The molecular formula is C12H12BrN3O2. The number of aryl methyl sites for hydroxylation is 1. The van der Waals surface area contributed by atoms with Crippen molar-refractivity contribution in [2.24, 2.45) is 0 Å². The number of benzene rings is 1. The van der Waals surface area contributed by atoms with Gasteiger partial charge in [0.15, 0.2) is 5.82 Å². The summed E-state index contributed by atoms with van der Waals surface area (Å²) >= 11 is 3.23. The van der Waals surface area contributed by atoms with Crippen LogP contribution in [0.4, 0.5) is 5.69 Å². The largest absolute Gasteiger partial charge is 0.334 e. The fourth-order valence-corrected chi connectivity index (χ4v) is 1.84. The molecule has 2 rings (SSSR count). The van der Waals surface area contributed by atoms with Gasteiger partial charge in [0.1, 0.15) is 0 Å². The van der Waals surface area contributed by atoms with E-state index in [0.29, 0.717) is 29.2 Å². The molecule has 1 aromatic heterocycles. The third-order valence-corrected chi connectivity index (χ3v) is 2.68. The molecule has 0 fully saturated rings. The van der Waals surface area contributed by atoms with Crippen LogP contribution in [0.15, 0.2) is 28.8 Å². The SMILES string of the molecule is Cc1noc(-c2ccccc2NC(=O)CCBr)n1. The molecule has 0 radical (unpaired) electrons. The Morgan fingerprint density at radius 2 is 2.22 bits per heavy atom. The maximum atomic E-state index is 11.6. The van der Waals surface area contributed by atoms with Gasteiger partial charge in [-0.25, -0.2) is 0 Å². The van der Waals surface area contributed by atoms with E-state index in [4.69, 9.17) is 4.52 Å². The van der Waals surface area contributed by atoms with Crippen molar-refractivity contribution >= 4 is 27.5 Å². The topological polar surface area (TPSA) is 68.0 Å². The lowest BCUT2D eigenvalue weighted by atomic mass is 10.1. The van der Waals surface area contributed by atoms with E-state index in [1.54, 1.807) is 13.0 Å². The lowest BCUT2D eigenvalue weighted by Gasteiger charge is -2.07. The summed E-state index contributed by atoms with van der Waals surface area (Å²) in [7, 11) is 0. The van der Waals surface area contributed by atoms with E-state index in [1.165, 1.54) is 0 Å². The van der Waals surface area contributed by atoms with Crippen molar-refractivity contribution in [3.8, 4) is 11.5 Å². The Hall–Kier alpha value is -1.69. The minimum atomic E-state index is -0.0597. The summed E-state index contributed by atoms with van der Waals surface area (Å²) < 4.78 is 5.11. The third-order valence-electron chi connectivity index (χ3n) is 2.28. The molecule has 18 heavy (non-hydrogen) atoms. The van der Waals surface area contributed by atoms with Gasteiger partial charge < -0.3 is 9.84 Å². The standard InChI is InChI=1S/C12H12BrN3O2/c1-8-14-12(18-16-8)9-4-2-3-5-10(9)15-11(17)6-7-13/h2-5H,6-7H2,1H3,(H,15,17). The van der Waals surface area contributed by atoms with Crippen LogP contribution in [-0.2, 0) is 4.79 Å². The number of nitrogens with zero attached hydrogens (tertiary/aromatic N) is 2. The summed E-state index contributed by atoms with van der Waals surface area (Å²) in [5.41, 5.74) is 1.40. The highest BCUT2D eigenvalue weighted by Gasteiger charge is 2.12. The number of nitrogens with one attached hydrogen (secondary N) is 1. The van der Waals surface area contributed by atoms with Gasteiger partial charge in [-0.1, -0.05) is 33.2 Å². The molecule has 0 aliphatic carbocycles. The van der Waals surface area contributed by atoms with Gasteiger partial charge in [-0.3, -0.25) is 4.79 Å². The summed E-state index contributed by atoms with van der Waals surface area (Å²) in [5.74, 6) is 0.907. The number of hydrogen-bond acceptors (Lipinski definition) is 4. The summed E-state index contributed by atoms with van der Waals surface area (Å²) in [6, 6.07) is 7.34. The number of rotatable bonds is 4. The van der Waals surface area contributed by atoms with Crippen LogP contribution in [0, 0.1) is 6.92 Å². The van der Waals surface area contributed by atoms with Gasteiger partial charge in [-0.05, 0) is 19.1 Å². The van der Waals surface area contributed by atoms with Gasteiger partial charge in [-0.15, -0.1) is 0 Å². The summed E-state index contributed by atoms with van der Waals surface area (Å²) in [6.07, 6.45) is 0.414. The molecule has 0 atom stereocenters.